The van der Waals surface area contributed by atoms with Crippen LogP contribution in [-0.4, -0.2) is 9.55 Å². The van der Waals surface area contributed by atoms with Crippen LogP contribution in [0, 0.1) is 5.82 Å². The Kier molecular flexibility index (Phi) is 3.55. The largest absolute Gasteiger partial charge is 0.398 e. The fourth-order valence-corrected chi connectivity index (χ4v) is 2.69. The van der Waals surface area contributed by atoms with E-state index in [0.29, 0.717) is 22.1 Å². The second-order valence-electron chi connectivity index (χ2n) is 4.93. The molecule has 0 atom stereocenters. The molecule has 2 N–H and O–H groups in total. The van der Waals surface area contributed by atoms with Crippen molar-refractivity contribution < 1.29 is 4.39 Å². The SMILES string of the molecule is CCCn1c(-c2ccc(Cl)cc2N)nc2c(F)cccc21. The minimum atomic E-state index is -0.323. The Bertz CT molecular complexity index is 811. The van der Waals surface area contributed by atoms with Crippen molar-refractivity contribution in [1.82, 2.24) is 9.55 Å². The van der Waals surface area contributed by atoms with Crippen LogP contribution in [0.25, 0.3) is 22.4 Å². The van der Waals surface area contributed by atoms with Gasteiger partial charge in [-0.2, -0.15) is 0 Å². The molecule has 0 unspecified atom stereocenters. The third kappa shape index (κ3) is 2.36. The molecule has 0 bridgehead atoms. The predicted octanol–water partition coefficient (Wildman–Crippen LogP) is 4.49. The molecular formula is C16H15ClFN3. The number of halogens is 2. The molecule has 0 fully saturated rings. The summed E-state index contributed by atoms with van der Waals surface area (Å²) in [5.41, 5.74) is 8.50. The summed E-state index contributed by atoms with van der Waals surface area (Å²) >= 11 is 5.94. The van der Waals surface area contributed by atoms with E-state index in [1.165, 1.54) is 6.07 Å². The fraction of sp³-hybridized carbons (Fsp3) is 0.188. The van der Waals surface area contributed by atoms with Gasteiger partial charge in [-0.05, 0) is 36.8 Å². The van der Waals surface area contributed by atoms with E-state index in [4.69, 9.17) is 17.3 Å². The summed E-state index contributed by atoms with van der Waals surface area (Å²) in [5, 5.41) is 0.570. The molecule has 3 rings (SSSR count). The molecule has 0 saturated carbocycles. The number of aromatic nitrogens is 2. The van der Waals surface area contributed by atoms with Gasteiger partial charge in [-0.15, -0.1) is 0 Å². The van der Waals surface area contributed by atoms with Crippen LogP contribution in [0.5, 0.6) is 0 Å². The number of nitrogens with two attached hydrogens (primary N) is 1. The molecule has 1 heterocycles. The maximum Gasteiger partial charge on any atom is 0.151 e. The summed E-state index contributed by atoms with van der Waals surface area (Å²) < 4.78 is 16.0. The first kappa shape index (κ1) is 13.9. The average molecular weight is 304 g/mol. The molecule has 21 heavy (non-hydrogen) atoms. The summed E-state index contributed by atoms with van der Waals surface area (Å²) in [6.45, 7) is 2.82. The van der Waals surface area contributed by atoms with Crippen LogP contribution >= 0.6 is 11.6 Å². The lowest BCUT2D eigenvalue weighted by molar-refractivity contribution is 0.637. The fourth-order valence-electron chi connectivity index (χ4n) is 2.51. The lowest BCUT2D eigenvalue weighted by atomic mass is 10.1. The van der Waals surface area contributed by atoms with Gasteiger partial charge in [0.2, 0.25) is 0 Å². The van der Waals surface area contributed by atoms with Crippen LogP contribution in [0.2, 0.25) is 5.02 Å². The molecule has 0 spiro atoms. The second-order valence-corrected chi connectivity index (χ2v) is 5.36. The van der Waals surface area contributed by atoms with Crippen LogP contribution in [0.1, 0.15) is 13.3 Å². The zero-order chi connectivity index (χ0) is 15.0. The zero-order valence-electron chi connectivity index (χ0n) is 11.6. The minimum Gasteiger partial charge on any atom is -0.398 e. The molecule has 0 aliphatic carbocycles. The van der Waals surface area contributed by atoms with Crippen molar-refractivity contribution in [3.63, 3.8) is 0 Å². The quantitative estimate of drug-likeness (QED) is 0.725. The molecular weight excluding hydrogens is 289 g/mol. The van der Waals surface area contributed by atoms with Gasteiger partial charge < -0.3 is 10.3 Å². The predicted molar refractivity (Wildman–Crippen MR) is 84.8 cm³/mol. The van der Waals surface area contributed by atoms with E-state index in [9.17, 15) is 4.39 Å². The summed E-state index contributed by atoms with van der Waals surface area (Å²) in [5.74, 6) is 0.349. The highest BCUT2D eigenvalue weighted by atomic mass is 35.5. The summed E-state index contributed by atoms with van der Waals surface area (Å²) in [4.78, 5) is 4.46. The maximum atomic E-state index is 14.0. The number of nitrogens with zero attached hydrogens (tertiary/aromatic N) is 2. The highest BCUT2D eigenvalue weighted by Gasteiger charge is 2.16. The van der Waals surface area contributed by atoms with Crippen molar-refractivity contribution in [2.75, 3.05) is 5.73 Å². The van der Waals surface area contributed by atoms with Gasteiger partial charge in [0.15, 0.2) is 5.82 Å². The monoisotopic (exact) mass is 303 g/mol. The number of rotatable bonds is 3. The van der Waals surface area contributed by atoms with E-state index in [1.54, 1.807) is 18.2 Å². The summed E-state index contributed by atoms with van der Waals surface area (Å²) in [7, 11) is 0. The number of imidazole rings is 1. The van der Waals surface area contributed by atoms with Gasteiger partial charge >= 0.3 is 0 Å². The zero-order valence-corrected chi connectivity index (χ0v) is 12.4. The number of anilines is 1. The number of fused-ring (bicyclic) bond motifs is 1. The Hall–Kier alpha value is -2.07. The Morgan fingerprint density at radius 1 is 1.29 bits per heavy atom. The topological polar surface area (TPSA) is 43.8 Å². The average Bonchev–Trinajstić information content (AvgIpc) is 2.80. The van der Waals surface area contributed by atoms with Crippen LogP contribution in [-0.2, 0) is 6.54 Å². The first-order valence-electron chi connectivity index (χ1n) is 6.82. The minimum absolute atomic E-state index is 0.323. The molecule has 1 aromatic heterocycles. The van der Waals surface area contributed by atoms with E-state index in [0.717, 1.165) is 24.0 Å². The Labute approximate surface area is 127 Å². The molecule has 0 amide bonds. The molecule has 0 radical (unpaired) electrons. The summed E-state index contributed by atoms with van der Waals surface area (Å²) in [6, 6.07) is 10.3. The second kappa shape index (κ2) is 5.37. The van der Waals surface area contributed by atoms with Crippen molar-refractivity contribution >= 4 is 28.3 Å². The van der Waals surface area contributed by atoms with Gasteiger partial charge in [0.05, 0.1) is 5.52 Å². The number of benzene rings is 2. The molecule has 3 nitrogen and oxygen atoms in total. The molecule has 0 saturated heterocycles. The Morgan fingerprint density at radius 2 is 2.10 bits per heavy atom. The van der Waals surface area contributed by atoms with Gasteiger partial charge in [0, 0.05) is 22.8 Å². The lowest BCUT2D eigenvalue weighted by Gasteiger charge is -2.10. The smallest absolute Gasteiger partial charge is 0.151 e. The standard InChI is InChI=1S/C16H15ClFN3/c1-2-8-21-14-5-3-4-12(18)15(14)20-16(21)11-7-6-10(17)9-13(11)19/h3-7,9H,2,8,19H2,1H3. The van der Waals surface area contributed by atoms with E-state index in [-0.39, 0.29) is 5.82 Å². The van der Waals surface area contributed by atoms with Crippen molar-refractivity contribution in [1.29, 1.82) is 0 Å². The highest BCUT2D eigenvalue weighted by molar-refractivity contribution is 6.31. The first-order chi connectivity index (χ1) is 10.1. The molecule has 5 heteroatoms. The van der Waals surface area contributed by atoms with Gasteiger partial charge in [-0.1, -0.05) is 24.6 Å². The van der Waals surface area contributed by atoms with Crippen molar-refractivity contribution in [2.45, 2.75) is 19.9 Å². The lowest BCUT2D eigenvalue weighted by Crippen LogP contribution is -2.01. The molecule has 0 aliphatic heterocycles. The van der Waals surface area contributed by atoms with E-state index in [2.05, 4.69) is 11.9 Å². The van der Waals surface area contributed by atoms with Crippen molar-refractivity contribution in [3.05, 3.63) is 47.2 Å². The third-order valence-corrected chi connectivity index (χ3v) is 3.67. The van der Waals surface area contributed by atoms with Gasteiger partial charge in [-0.25, -0.2) is 9.37 Å². The number of aryl methyl sites for hydroxylation is 1. The first-order valence-corrected chi connectivity index (χ1v) is 7.19. The van der Waals surface area contributed by atoms with E-state index >= 15 is 0 Å². The van der Waals surface area contributed by atoms with E-state index in [1.807, 2.05) is 16.7 Å². The van der Waals surface area contributed by atoms with E-state index < -0.39 is 0 Å². The van der Waals surface area contributed by atoms with Crippen LogP contribution < -0.4 is 5.73 Å². The Morgan fingerprint density at radius 3 is 2.81 bits per heavy atom. The number of para-hydroxylation sites is 1. The molecule has 2 aromatic carbocycles. The van der Waals surface area contributed by atoms with Crippen molar-refractivity contribution in [3.8, 4) is 11.4 Å². The van der Waals surface area contributed by atoms with Crippen LogP contribution in [0.4, 0.5) is 10.1 Å². The van der Waals surface area contributed by atoms with Crippen LogP contribution in [0.3, 0.4) is 0 Å². The Balaban J connectivity index is 2.30. The summed E-state index contributed by atoms with van der Waals surface area (Å²) in [6.07, 6.45) is 0.919. The molecule has 3 aromatic rings. The molecule has 0 aliphatic rings. The maximum absolute atomic E-state index is 14.0. The highest BCUT2D eigenvalue weighted by Crippen LogP contribution is 2.31. The molecule has 108 valence electrons. The van der Waals surface area contributed by atoms with Crippen molar-refractivity contribution in [2.24, 2.45) is 0 Å². The van der Waals surface area contributed by atoms with Gasteiger partial charge in [0.1, 0.15) is 11.3 Å². The number of hydrogen-bond acceptors (Lipinski definition) is 2. The third-order valence-electron chi connectivity index (χ3n) is 3.43. The normalized spacial score (nSPS) is 11.2. The van der Waals surface area contributed by atoms with Gasteiger partial charge in [-0.3, -0.25) is 0 Å². The number of hydrogen-bond donors (Lipinski definition) is 1. The number of nitrogen functional groups attached to an aromatic ring is 1. The van der Waals surface area contributed by atoms with Gasteiger partial charge in [0.25, 0.3) is 0 Å². The van der Waals surface area contributed by atoms with Crippen LogP contribution in [0.15, 0.2) is 36.4 Å².